The van der Waals surface area contributed by atoms with E-state index in [1.54, 1.807) is 0 Å². The molecule has 0 spiro atoms. The van der Waals surface area contributed by atoms with Gasteiger partial charge in [-0.3, -0.25) is 0 Å². The number of hydrogen-bond donors (Lipinski definition) is 0. The minimum absolute atomic E-state index is 0.450. The summed E-state index contributed by atoms with van der Waals surface area (Å²) >= 11 is 1.50. The average molecular weight is 177 g/mol. The van der Waals surface area contributed by atoms with Gasteiger partial charge >= 0.3 is 0 Å². The third-order valence-corrected chi connectivity index (χ3v) is 2.54. The molecule has 0 aliphatic carbocycles. The predicted octanol–water partition coefficient (Wildman–Crippen LogP) is -0.499. The van der Waals surface area contributed by atoms with Gasteiger partial charge in [-0.05, 0) is 17.6 Å². The van der Waals surface area contributed by atoms with Gasteiger partial charge in [-0.25, -0.2) is 0 Å². The Labute approximate surface area is 74.0 Å². The van der Waals surface area contributed by atoms with E-state index in [4.69, 9.17) is 5.26 Å². The van der Waals surface area contributed by atoms with E-state index in [0.717, 1.165) is 11.8 Å². The van der Waals surface area contributed by atoms with E-state index in [-0.39, 0.29) is 0 Å². The molecule has 12 heavy (non-hydrogen) atoms. The van der Waals surface area contributed by atoms with Crippen LogP contribution < -0.4 is 9.75 Å². The van der Waals surface area contributed by atoms with E-state index in [1.807, 2.05) is 17.3 Å². The van der Waals surface area contributed by atoms with Crippen LogP contribution in [0.4, 0.5) is 0 Å². The van der Waals surface area contributed by atoms with Crippen LogP contribution in [0.5, 0.6) is 0 Å². The predicted molar refractivity (Wildman–Crippen MR) is 47.5 cm³/mol. The van der Waals surface area contributed by atoms with Gasteiger partial charge in [-0.15, -0.1) is 0 Å². The van der Waals surface area contributed by atoms with Gasteiger partial charge in [0.1, 0.15) is 6.54 Å². The lowest BCUT2D eigenvalue weighted by atomic mass is 10.3. The van der Waals surface area contributed by atoms with Gasteiger partial charge in [-0.1, -0.05) is 0 Å². The first-order valence-corrected chi connectivity index (χ1v) is 4.41. The van der Waals surface area contributed by atoms with Gasteiger partial charge in [0.15, 0.2) is 0 Å². The van der Waals surface area contributed by atoms with Crippen LogP contribution in [-0.2, 0) is 0 Å². The lowest BCUT2D eigenvalue weighted by molar-refractivity contribution is 0.518. The van der Waals surface area contributed by atoms with Crippen molar-refractivity contribution >= 4 is 23.8 Å². The highest BCUT2D eigenvalue weighted by molar-refractivity contribution is 7.03. The quantitative estimate of drug-likeness (QED) is 0.543. The number of nitrogens with zero attached hydrogens (tertiary/aromatic N) is 3. The second-order valence-corrected chi connectivity index (χ2v) is 3.40. The average Bonchev–Trinajstić information content (AvgIpc) is 2.51. The van der Waals surface area contributed by atoms with Crippen molar-refractivity contribution in [2.75, 3.05) is 13.1 Å². The fourth-order valence-corrected chi connectivity index (χ4v) is 1.80. The standard InChI is InChI=1S/C8H7N3S/c9-2-4-11-3-1-8-7(6-11)5-10-12-8/h1,5-6H,3-4H2. The third-order valence-electron chi connectivity index (χ3n) is 1.73. The summed E-state index contributed by atoms with van der Waals surface area (Å²) in [4.78, 5) is 1.97. The lowest BCUT2D eigenvalue weighted by Gasteiger charge is -2.15. The molecule has 1 aromatic rings. The Morgan fingerprint density at radius 2 is 2.67 bits per heavy atom. The van der Waals surface area contributed by atoms with Gasteiger partial charge in [-0.2, -0.15) is 9.64 Å². The van der Waals surface area contributed by atoms with E-state index in [1.165, 1.54) is 16.1 Å². The minimum atomic E-state index is 0.450. The van der Waals surface area contributed by atoms with Crippen molar-refractivity contribution < 1.29 is 0 Å². The fraction of sp³-hybridized carbons (Fsp3) is 0.250. The summed E-state index contributed by atoms with van der Waals surface area (Å²) in [5.41, 5.74) is 0. The molecule has 2 rings (SSSR count). The van der Waals surface area contributed by atoms with Crippen LogP contribution in [0.3, 0.4) is 0 Å². The summed E-state index contributed by atoms with van der Waals surface area (Å²) in [5.74, 6) is 0. The highest BCUT2D eigenvalue weighted by Crippen LogP contribution is 1.92. The zero-order chi connectivity index (χ0) is 8.39. The molecule has 0 bridgehead atoms. The lowest BCUT2D eigenvalue weighted by Crippen LogP contribution is -2.32. The highest BCUT2D eigenvalue weighted by atomic mass is 32.1. The van der Waals surface area contributed by atoms with E-state index < -0.39 is 0 Å². The summed E-state index contributed by atoms with van der Waals surface area (Å²) in [6.45, 7) is 1.27. The van der Waals surface area contributed by atoms with Crippen LogP contribution in [0.15, 0.2) is 6.20 Å². The molecule has 3 nitrogen and oxygen atoms in total. The van der Waals surface area contributed by atoms with Crippen molar-refractivity contribution in [3.8, 4) is 6.07 Å². The molecule has 1 aromatic heterocycles. The number of aromatic nitrogens is 1. The zero-order valence-corrected chi connectivity index (χ0v) is 7.21. The molecule has 2 heterocycles. The second kappa shape index (κ2) is 2.95. The molecular weight excluding hydrogens is 170 g/mol. The fourth-order valence-electron chi connectivity index (χ4n) is 1.16. The number of fused-ring (bicyclic) bond motifs is 1. The summed E-state index contributed by atoms with van der Waals surface area (Å²) in [7, 11) is 0. The van der Waals surface area contributed by atoms with Gasteiger partial charge in [0.2, 0.25) is 0 Å². The van der Waals surface area contributed by atoms with Crippen molar-refractivity contribution in [2.24, 2.45) is 0 Å². The molecule has 0 saturated carbocycles. The maximum Gasteiger partial charge on any atom is 0.105 e. The zero-order valence-electron chi connectivity index (χ0n) is 6.40. The van der Waals surface area contributed by atoms with E-state index in [9.17, 15) is 0 Å². The summed E-state index contributed by atoms with van der Waals surface area (Å²) < 4.78 is 5.28. The van der Waals surface area contributed by atoms with Crippen molar-refractivity contribution in [1.29, 1.82) is 5.26 Å². The summed E-state index contributed by atoms with van der Waals surface area (Å²) in [6.07, 6.45) is 5.92. The highest BCUT2D eigenvalue weighted by Gasteiger charge is 2.02. The molecule has 0 amide bonds. The first-order valence-electron chi connectivity index (χ1n) is 3.64. The van der Waals surface area contributed by atoms with Crippen molar-refractivity contribution in [3.05, 3.63) is 15.9 Å². The van der Waals surface area contributed by atoms with Crippen LogP contribution in [0, 0.1) is 11.3 Å². The van der Waals surface area contributed by atoms with Crippen LogP contribution >= 0.6 is 11.5 Å². The Hall–Kier alpha value is -1.34. The smallest absolute Gasteiger partial charge is 0.105 e. The summed E-state index contributed by atoms with van der Waals surface area (Å²) in [6, 6.07) is 2.12. The molecule has 0 aromatic carbocycles. The Morgan fingerprint density at radius 1 is 1.75 bits per heavy atom. The molecule has 4 heteroatoms. The van der Waals surface area contributed by atoms with Gasteiger partial charge in [0.05, 0.1) is 10.6 Å². The van der Waals surface area contributed by atoms with Crippen LogP contribution in [0.2, 0.25) is 0 Å². The van der Waals surface area contributed by atoms with E-state index in [0.29, 0.717) is 6.54 Å². The molecule has 0 fully saturated rings. The normalized spacial score (nSPS) is 14.1. The Bertz CT molecular complexity index is 426. The second-order valence-electron chi connectivity index (χ2n) is 2.57. The van der Waals surface area contributed by atoms with Crippen molar-refractivity contribution in [2.45, 2.75) is 0 Å². The third kappa shape index (κ3) is 1.19. The number of hydrogen-bond acceptors (Lipinski definition) is 4. The first-order chi connectivity index (χ1) is 5.90. The summed E-state index contributed by atoms with van der Waals surface area (Å²) in [5, 5.41) is 9.60. The molecule has 0 unspecified atom stereocenters. The Kier molecular flexibility index (Phi) is 1.80. The van der Waals surface area contributed by atoms with Crippen LogP contribution in [0.1, 0.15) is 0 Å². The van der Waals surface area contributed by atoms with E-state index >= 15 is 0 Å². The molecule has 1 aliphatic heterocycles. The Morgan fingerprint density at radius 3 is 3.50 bits per heavy atom. The van der Waals surface area contributed by atoms with Crippen molar-refractivity contribution in [3.63, 3.8) is 0 Å². The van der Waals surface area contributed by atoms with E-state index in [2.05, 4.69) is 16.5 Å². The maximum atomic E-state index is 8.48. The largest absolute Gasteiger partial charge is 0.360 e. The van der Waals surface area contributed by atoms with Gasteiger partial charge < -0.3 is 4.90 Å². The molecule has 0 N–H and O–H groups in total. The maximum absolute atomic E-state index is 8.48. The molecule has 1 aliphatic rings. The topological polar surface area (TPSA) is 39.9 Å². The van der Waals surface area contributed by atoms with Gasteiger partial charge in [0, 0.05) is 24.2 Å². The molecular formula is C8H7N3S. The Balaban J connectivity index is 2.40. The number of nitriles is 1. The van der Waals surface area contributed by atoms with Crippen LogP contribution in [0.25, 0.3) is 12.3 Å². The molecule has 0 saturated heterocycles. The van der Waals surface area contributed by atoms with Gasteiger partial charge in [0.25, 0.3) is 0 Å². The SMILES string of the molecule is N#CCN1C=c2cnsc2=CC1. The first kappa shape index (κ1) is 7.32. The number of rotatable bonds is 1. The van der Waals surface area contributed by atoms with Crippen molar-refractivity contribution in [1.82, 2.24) is 9.27 Å². The molecule has 60 valence electrons. The monoisotopic (exact) mass is 177 g/mol. The molecule has 0 radical (unpaired) electrons. The van der Waals surface area contributed by atoms with Crippen LogP contribution in [-0.4, -0.2) is 22.4 Å². The molecule has 0 atom stereocenters. The minimum Gasteiger partial charge on any atom is -0.360 e.